The number of piperazine rings is 1. The summed E-state index contributed by atoms with van der Waals surface area (Å²) in [7, 11) is 0. The minimum absolute atomic E-state index is 0.0185. The van der Waals surface area contributed by atoms with Crippen LogP contribution in [-0.2, 0) is 5.75 Å². The van der Waals surface area contributed by atoms with Crippen molar-refractivity contribution in [1.82, 2.24) is 19.8 Å². The molecule has 1 amide bonds. The summed E-state index contributed by atoms with van der Waals surface area (Å²) in [5.74, 6) is 1.66. The fourth-order valence-electron chi connectivity index (χ4n) is 3.71. The number of rotatable bonds is 6. The fraction of sp³-hybridized carbons (Fsp3) is 0.409. The van der Waals surface area contributed by atoms with Crippen LogP contribution in [0.4, 0.5) is 0 Å². The van der Waals surface area contributed by atoms with Crippen LogP contribution in [0.5, 0.6) is 0 Å². The lowest BCUT2D eigenvalue weighted by Gasteiger charge is -2.35. The Morgan fingerprint density at radius 2 is 1.83 bits per heavy atom. The highest BCUT2D eigenvalue weighted by Gasteiger charge is 2.28. The quantitative estimate of drug-likeness (QED) is 0.453. The summed E-state index contributed by atoms with van der Waals surface area (Å²) in [4.78, 5) is 26.2. The van der Waals surface area contributed by atoms with E-state index in [0.717, 1.165) is 49.3 Å². The van der Waals surface area contributed by atoms with Gasteiger partial charge in [0.05, 0.1) is 0 Å². The second kappa shape index (κ2) is 8.97. The standard InChI is InChI=1S/C22H26N4O2S/c1-16(2)14-25-10-12-26(13-11-25)21(27)20-18(15-29-22-23-8-5-9-24-22)17-6-3-4-7-19(17)28-20/h3-9,16H,10-15H2,1-2H3. The van der Waals surface area contributed by atoms with E-state index in [4.69, 9.17) is 4.42 Å². The molecule has 3 aromatic rings. The Hall–Kier alpha value is -2.38. The molecular weight excluding hydrogens is 384 g/mol. The van der Waals surface area contributed by atoms with Gasteiger partial charge in [-0.2, -0.15) is 0 Å². The van der Waals surface area contributed by atoms with Crippen molar-refractivity contribution in [3.05, 3.63) is 54.0 Å². The van der Waals surface area contributed by atoms with Crippen molar-refractivity contribution in [2.45, 2.75) is 24.8 Å². The molecule has 1 fully saturated rings. The first-order chi connectivity index (χ1) is 14.1. The lowest BCUT2D eigenvalue weighted by atomic mass is 10.1. The highest BCUT2D eigenvalue weighted by atomic mass is 32.2. The van der Waals surface area contributed by atoms with E-state index in [1.807, 2.05) is 29.2 Å². The van der Waals surface area contributed by atoms with Gasteiger partial charge < -0.3 is 9.32 Å². The zero-order valence-corrected chi connectivity index (χ0v) is 17.7. The Balaban J connectivity index is 1.54. The summed E-state index contributed by atoms with van der Waals surface area (Å²) in [5, 5.41) is 1.68. The maximum Gasteiger partial charge on any atom is 0.290 e. The van der Waals surface area contributed by atoms with Gasteiger partial charge in [0.25, 0.3) is 5.91 Å². The van der Waals surface area contributed by atoms with E-state index in [9.17, 15) is 4.79 Å². The molecule has 0 atom stereocenters. The van der Waals surface area contributed by atoms with Crippen molar-refractivity contribution in [3.8, 4) is 0 Å². The zero-order valence-electron chi connectivity index (χ0n) is 16.9. The third-order valence-corrected chi connectivity index (χ3v) is 5.97. The fourth-order valence-corrected chi connectivity index (χ4v) is 4.54. The van der Waals surface area contributed by atoms with Crippen LogP contribution < -0.4 is 0 Å². The number of benzene rings is 1. The highest BCUT2D eigenvalue weighted by Crippen LogP contribution is 2.32. The maximum absolute atomic E-state index is 13.3. The molecule has 0 spiro atoms. The number of amides is 1. The number of furan rings is 1. The molecule has 0 radical (unpaired) electrons. The average molecular weight is 411 g/mol. The van der Waals surface area contributed by atoms with Crippen molar-refractivity contribution in [1.29, 1.82) is 0 Å². The summed E-state index contributed by atoms with van der Waals surface area (Å²) in [6.07, 6.45) is 3.46. The second-order valence-electron chi connectivity index (χ2n) is 7.71. The number of nitrogens with zero attached hydrogens (tertiary/aromatic N) is 4. The van der Waals surface area contributed by atoms with E-state index in [1.54, 1.807) is 18.5 Å². The van der Waals surface area contributed by atoms with Crippen LogP contribution in [0.2, 0.25) is 0 Å². The third kappa shape index (κ3) is 4.62. The molecule has 6 nitrogen and oxygen atoms in total. The normalized spacial score (nSPS) is 15.3. The van der Waals surface area contributed by atoms with Crippen LogP contribution in [0.3, 0.4) is 0 Å². The minimum Gasteiger partial charge on any atom is -0.451 e. The van der Waals surface area contributed by atoms with Gasteiger partial charge >= 0.3 is 0 Å². The van der Waals surface area contributed by atoms with Crippen molar-refractivity contribution in [2.24, 2.45) is 5.92 Å². The van der Waals surface area contributed by atoms with Crippen LogP contribution in [-0.4, -0.2) is 58.4 Å². The predicted molar refractivity (Wildman–Crippen MR) is 115 cm³/mol. The van der Waals surface area contributed by atoms with Crippen molar-refractivity contribution >= 4 is 28.6 Å². The van der Waals surface area contributed by atoms with Gasteiger partial charge in [0, 0.05) is 61.8 Å². The number of thioether (sulfide) groups is 1. The van der Waals surface area contributed by atoms with Crippen LogP contribution >= 0.6 is 11.8 Å². The molecule has 29 heavy (non-hydrogen) atoms. The maximum atomic E-state index is 13.3. The Kier molecular flexibility index (Phi) is 6.16. The predicted octanol–water partition coefficient (Wildman–Crippen LogP) is 3.93. The topological polar surface area (TPSA) is 62.5 Å². The molecule has 4 rings (SSSR count). The molecule has 2 aromatic heterocycles. The Bertz CT molecular complexity index is 965. The molecule has 0 saturated carbocycles. The zero-order chi connectivity index (χ0) is 20.2. The first kappa shape index (κ1) is 19.9. The van der Waals surface area contributed by atoms with E-state index in [2.05, 4.69) is 28.7 Å². The smallest absolute Gasteiger partial charge is 0.290 e. The Labute approximate surface area is 175 Å². The summed E-state index contributed by atoms with van der Waals surface area (Å²) >= 11 is 1.52. The van der Waals surface area contributed by atoms with Gasteiger partial charge in [-0.05, 0) is 18.1 Å². The SMILES string of the molecule is CC(C)CN1CCN(C(=O)c2oc3ccccc3c2CSc2ncccn2)CC1. The summed E-state index contributed by atoms with van der Waals surface area (Å²) in [5.41, 5.74) is 1.67. The molecule has 3 heterocycles. The molecule has 1 aliphatic heterocycles. The number of aromatic nitrogens is 2. The van der Waals surface area contributed by atoms with E-state index >= 15 is 0 Å². The van der Waals surface area contributed by atoms with Gasteiger partial charge in [0.1, 0.15) is 5.58 Å². The molecule has 152 valence electrons. The monoisotopic (exact) mass is 410 g/mol. The molecule has 1 aliphatic rings. The van der Waals surface area contributed by atoms with Crippen LogP contribution in [0, 0.1) is 5.92 Å². The molecule has 0 aliphatic carbocycles. The van der Waals surface area contributed by atoms with Gasteiger partial charge in [-0.1, -0.05) is 43.8 Å². The largest absolute Gasteiger partial charge is 0.451 e. The number of hydrogen-bond acceptors (Lipinski definition) is 6. The lowest BCUT2D eigenvalue weighted by molar-refractivity contribution is 0.0594. The highest BCUT2D eigenvalue weighted by molar-refractivity contribution is 7.98. The minimum atomic E-state index is -0.0185. The van der Waals surface area contributed by atoms with E-state index in [-0.39, 0.29) is 5.91 Å². The van der Waals surface area contributed by atoms with Crippen LogP contribution in [0.25, 0.3) is 11.0 Å². The van der Waals surface area contributed by atoms with Gasteiger partial charge in [-0.25, -0.2) is 9.97 Å². The van der Waals surface area contributed by atoms with Gasteiger partial charge in [-0.15, -0.1) is 0 Å². The molecular formula is C22H26N4O2S. The lowest BCUT2D eigenvalue weighted by Crippen LogP contribution is -2.49. The number of para-hydroxylation sites is 1. The molecule has 7 heteroatoms. The van der Waals surface area contributed by atoms with E-state index < -0.39 is 0 Å². The average Bonchev–Trinajstić information content (AvgIpc) is 3.11. The molecule has 0 bridgehead atoms. The summed E-state index contributed by atoms with van der Waals surface area (Å²) < 4.78 is 6.04. The first-order valence-electron chi connectivity index (χ1n) is 10.0. The third-order valence-electron chi connectivity index (χ3n) is 5.06. The Morgan fingerprint density at radius 1 is 1.10 bits per heavy atom. The molecule has 1 saturated heterocycles. The van der Waals surface area contributed by atoms with Gasteiger partial charge in [0.2, 0.25) is 0 Å². The summed E-state index contributed by atoms with van der Waals surface area (Å²) in [6.45, 7) is 8.82. The van der Waals surface area contributed by atoms with E-state index in [1.165, 1.54) is 11.8 Å². The van der Waals surface area contributed by atoms with Crippen molar-refractivity contribution < 1.29 is 9.21 Å². The molecule has 0 N–H and O–H groups in total. The number of hydrogen-bond donors (Lipinski definition) is 0. The second-order valence-corrected chi connectivity index (χ2v) is 8.66. The van der Waals surface area contributed by atoms with Crippen LogP contribution in [0.15, 0.2) is 52.3 Å². The van der Waals surface area contributed by atoms with Gasteiger partial charge in [-0.3, -0.25) is 9.69 Å². The van der Waals surface area contributed by atoms with E-state index in [0.29, 0.717) is 22.6 Å². The number of fused-ring (bicyclic) bond motifs is 1. The van der Waals surface area contributed by atoms with Crippen molar-refractivity contribution in [2.75, 3.05) is 32.7 Å². The van der Waals surface area contributed by atoms with Gasteiger partial charge in [0.15, 0.2) is 10.9 Å². The molecule has 0 unspecified atom stereocenters. The molecule has 1 aromatic carbocycles. The van der Waals surface area contributed by atoms with Crippen LogP contribution in [0.1, 0.15) is 30.0 Å². The van der Waals surface area contributed by atoms with Crippen molar-refractivity contribution in [3.63, 3.8) is 0 Å². The first-order valence-corrected chi connectivity index (χ1v) is 11.0. The number of carbonyl (C=O) groups excluding carboxylic acids is 1. The number of carbonyl (C=O) groups is 1. The Morgan fingerprint density at radius 3 is 2.55 bits per heavy atom. The summed E-state index contributed by atoms with van der Waals surface area (Å²) in [6, 6.07) is 9.63.